The largest absolute Gasteiger partial charge is 0.381 e. The number of amides is 1. The smallest absolute Gasteiger partial charge is 0.239 e. The van der Waals surface area contributed by atoms with Crippen LogP contribution in [-0.2, 0) is 9.53 Å². The third-order valence-electron chi connectivity index (χ3n) is 4.65. The van der Waals surface area contributed by atoms with E-state index in [2.05, 4.69) is 14.3 Å². The minimum Gasteiger partial charge on any atom is -0.381 e. The predicted molar refractivity (Wildman–Crippen MR) is 104 cm³/mol. The number of anilines is 1. The van der Waals surface area contributed by atoms with Crippen LogP contribution in [0.15, 0.2) is 0 Å². The molecule has 0 spiro atoms. The first-order valence-electron chi connectivity index (χ1n) is 8.32. The zero-order valence-corrected chi connectivity index (χ0v) is 16.9. The highest BCUT2D eigenvalue weighted by Gasteiger charge is 2.31. The number of hydrogen-bond acceptors (Lipinski definition) is 7. The number of rotatable bonds is 3. The second kappa shape index (κ2) is 10.5. The number of ether oxygens (including phenoxy) is 1. The van der Waals surface area contributed by atoms with E-state index in [1.165, 1.54) is 11.5 Å². The Kier molecular flexibility index (Phi) is 9.37. The number of carbonyl (C=O) groups excluding carboxylic acids is 1. The Morgan fingerprint density at radius 3 is 2.60 bits per heavy atom. The maximum atomic E-state index is 12.7. The van der Waals surface area contributed by atoms with Crippen LogP contribution < -0.4 is 10.6 Å². The molecule has 1 aromatic rings. The number of halogens is 2. The lowest BCUT2D eigenvalue weighted by Crippen LogP contribution is -2.50. The number of hydrogen-bond donors (Lipinski definition) is 1. The summed E-state index contributed by atoms with van der Waals surface area (Å²) < 4.78 is 9.60. The summed E-state index contributed by atoms with van der Waals surface area (Å²) in [7, 11) is 0. The minimum absolute atomic E-state index is 0. The van der Waals surface area contributed by atoms with Crippen LogP contribution >= 0.6 is 36.3 Å². The van der Waals surface area contributed by atoms with E-state index >= 15 is 0 Å². The highest BCUT2D eigenvalue weighted by atomic mass is 35.5. The first-order chi connectivity index (χ1) is 11.1. The van der Waals surface area contributed by atoms with Gasteiger partial charge in [-0.2, -0.15) is 4.37 Å². The molecule has 2 fully saturated rings. The van der Waals surface area contributed by atoms with Gasteiger partial charge in [-0.05, 0) is 32.1 Å². The molecule has 0 aromatic carbocycles. The van der Waals surface area contributed by atoms with Gasteiger partial charge < -0.3 is 20.3 Å². The van der Waals surface area contributed by atoms with Crippen LogP contribution in [0.2, 0.25) is 0 Å². The van der Waals surface area contributed by atoms with Crippen LogP contribution in [0.4, 0.5) is 5.13 Å². The van der Waals surface area contributed by atoms with Crippen LogP contribution in [0.3, 0.4) is 0 Å². The summed E-state index contributed by atoms with van der Waals surface area (Å²) in [6.07, 6.45) is 2.71. The first kappa shape index (κ1) is 22.4. The average molecular weight is 412 g/mol. The zero-order valence-electron chi connectivity index (χ0n) is 14.4. The highest BCUT2D eigenvalue weighted by molar-refractivity contribution is 7.09. The van der Waals surface area contributed by atoms with E-state index in [-0.39, 0.29) is 36.6 Å². The maximum Gasteiger partial charge on any atom is 0.239 e. The molecule has 3 heterocycles. The van der Waals surface area contributed by atoms with Crippen molar-refractivity contribution in [2.24, 2.45) is 11.7 Å². The fraction of sp³-hybridized carbons (Fsp3) is 0.800. The van der Waals surface area contributed by atoms with Gasteiger partial charge in [-0.1, -0.05) is 0 Å². The number of nitrogens with zero attached hydrogens (tertiary/aromatic N) is 4. The van der Waals surface area contributed by atoms with Crippen molar-refractivity contribution in [2.75, 3.05) is 44.3 Å². The monoisotopic (exact) mass is 411 g/mol. The van der Waals surface area contributed by atoms with Crippen molar-refractivity contribution in [1.82, 2.24) is 14.3 Å². The number of carbonyl (C=O) groups is 1. The van der Waals surface area contributed by atoms with Gasteiger partial charge >= 0.3 is 0 Å². The van der Waals surface area contributed by atoms with Gasteiger partial charge in [0.2, 0.25) is 11.0 Å². The van der Waals surface area contributed by atoms with Gasteiger partial charge in [0.1, 0.15) is 5.82 Å². The zero-order chi connectivity index (χ0) is 16.2. The lowest BCUT2D eigenvalue weighted by atomic mass is 9.91. The van der Waals surface area contributed by atoms with Crippen molar-refractivity contribution in [1.29, 1.82) is 0 Å². The molecule has 1 unspecified atom stereocenters. The second-order valence-corrected chi connectivity index (χ2v) is 7.00. The Labute approximate surface area is 165 Å². The Bertz CT molecular complexity index is 542. The summed E-state index contributed by atoms with van der Waals surface area (Å²) in [5.74, 6) is 1.15. The van der Waals surface area contributed by atoms with Crippen molar-refractivity contribution in [3.63, 3.8) is 0 Å². The average Bonchev–Trinajstić information content (AvgIpc) is 2.86. The van der Waals surface area contributed by atoms with Gasteiger partial charge in [0.15, 0.2) is 0 Å². The molecule has 2 aliphatic heterocycles. The SMILES string of the molecule is Cc1nsc(N2CCCN(C(=O)C(N)C3CCOCC3)CC2)n1.Cl.Cl. The molecular formula is C15H27Cl2N5O2S. The topological polar surface area (TPSA) is 84.6 Å². The third kappa shape index (κ3) is 5.65. The molecule has 2 N–H and O–H groups in total. The van der Waals surface area contributed by atoms with Gasteiger partial charge in [0.05, 0.1) is 6.04 Å². The normalized spacial score (nSPS) is 20.2. The molecule has 1 atom stereocenters. The molecular weight excluding hydrogens is 385 g/mol. The molecule has 0 saturated carbocycles. The molecule has 0 radical (unpaired) electrons. The molecule has 10 heteroatoms. The van der Waals surface area contributed by atoms with Crippen LogP contribution in [0, 0.1) is 12.8 Å². The lowest BCUT2D eigenvalue weighted by Gasteiger charge is -2.31. The Morgan fingerprint density at radius 2 is 1.96 bits per heavy atom. The van der Waals surface area contributed by atoms with E-state index in [0.29, 0.717) is 6.54 Å². The van der Waals surface area contributed by atoms with E-state index in [1.807, 2.05) is 11.8 Å². The van der Waals surface area contributed by atoms with Gasteiger partial charge in [-0.25, -0.2) is 4.98 Å². The van der Waals surface area contributed by atoms with Crippen LogP contribution in [-0.4, -0.2) is 65.6 Å². The van der Waals surface area contributed by atoms with Gasteiger partial charge in [0.25, 0.3) is 0 Å². The molecule has 144 valence electrons. The first-order valence-corrected chi connectivity index (χ1v) is 9.10. The van der Waals surface area contributed by atoms with Crippen LogP contribution in [0.25, 0.3) is 0 Å². The van der Waals surface area contributed by atoms with Crippen molar-refractivity contribution in [3.05, 3.63) is 5.82 Å². The summed E-state index contributed by atoms with van der Waals surface area (Å²) in [4.78, 5) is 21.3. The lowest BCUT2D eigenvalue weighted by molar-refractivity contribution is -0.134. The van der Waals surface area contributed by atoms with Crippen LogP contribution in [0.1, 0.15) is 25.1 Å². The number of nitrogens with two attached hydrogens (primary N) is 1. The number of aromatic nitrogens is 2. The van der Waals surface area contributed by atoms with E-state index in [1.54, 1.807) is 0 Å². The fourth-order valence-corrected chi connectivity index (χ4v) is 3.96. The summed E-state index contributed by atoms with van der Waals surface area (Å²) in [5, 5.41) is 0.950. The Balaban J connectivity index is 0.00000156. The number of aryl methyl sites for hydroxylation is 1. The van der Waals surface area contributed by atoms with Gasteiger partial charge in [0, 0.05) is 50.9 Å². The maximum absolute atomic E-state index is 12.7. The third-order valence-corrected chi connectivity index (χ3v) is 5.52. The van der Waals surface area contributed by atoms with Crippen molar-refractivity contribution < 1.29 is 9.53 Å². The summed E-state index contributed by atoms with van der Waals surface area (Å²) >= 11 is 1.43. The minimum atomic E-state index is -0.394. The molecule has 3 rings (SSSR count). The van der Waals surface area contributed by atoms with E-state index in [0.717, 1.165) is 63.1 Å². The van der Waals surface area contributed by atoms with Crippen LogP contribution in [0.5, 0.6) is 0 Å². The molecule has 1 amide bonds. The van der Waals surface area contributed by atoms with Crippen molar-refractivity contribution >= 4 is 47.4 Å². The molecule has 0 aliphatic carbocycles. The second-order valence-electron chi connectivity index (χ2n) is 6.27. The summed E-state index contributed by atoms with van der Waals surface area (Å²) in [5.41, 5.74) is 6.24. The quantitative estimate of drug-likeness (QED) is 0.810. The molecule has 0 bridgehead atoms. The summed E-state index contributed by atoms with van der Waals surface area (Å²) in [6, 6.07) is -0.394. The Morgan fingerprint density at radius 1 is 1.24 bits per heavy atom. The molecule has 7 nitrogen and oxygen atoms in total. The van der Waals surface area contributed by atoms with Crippen molar-refractivity contribution in [3.8, 4) is 0 Å². The molecule has 25 heavy (non-hydrogen) atoms. The summed E-state index contributed by atoms with van der Waals surface area (Å²) in [6.45, 7) is 6.51. The van der Waals surface area contributed by atoms with Gasteiger partial charge in [-0.3, -0.25) is 4.79 Å². The predicted octanol–water partition coefficient (Wildman–Crippen LogP) is 1.48. The van der Waals surface area contributed by atoms with Crippen molar-refractivity contribution in [2.45, 2.75) is 32.2 Å². The molecule has 1 aromatic heterocycles. The fourth-order valence-electron chi connectivity index (χ4n) is 3.23. The molecule has 2 aliphatic rings. The Hall–Kier alpha value is -0.670. The van der Waals surface area contributed by atoms with Gasteiger partial charge in [-0.15, -0.1) is 24.8 Å². The van der Waals surface area contributed by atoms with E-state index in [9.17, 15) is 4.79 Å². The van der Waals surface area contributed by atoms with E-state index in [4.69, 9.17) is 10.5 Å². The standard InChI is InChI=1S/C15H25N5O2S.2ClH/c1-11-17-15(23-18-11)20-6-2-5-19(7-8-20)14(21)13(16)12-3-9-22-10-4-12;;/h12-13H,2-10,16H2,1H3;2*1H. The highest BCUT2D eigenvalue weighted by Crippen LogP contribution is 2.21. The molecule has 2 saturated heterocycles. The van der Waals surface area contributed by atoms with E-state index < -0.39 is 6.04 Å².